The minimum absolute atomic E-state index is 0.0328. The van der Waals surface area contributed by atoms with Gasteiger partial charge in [-0.25, -0.2) is 0 Å². The van der Waals surface area contributed by atoms with Crippen molar-refractivity contribution in [3.63, 3.8) is 0 Å². The van der Waals surface area contributed by atoms with Crippen molar-refractivity contribution < 1.29 is 4.79 Å². The normalized spacial score (nSPS) is 15.2. The fourth-order valence-electron chi connectivity index (χ4n) is 2.01. The van der Waals surface area contributed by atoms with Gasteiger partial charge in [0.15, 0.2) is 0 Å². The number of carbonyl (C=O) groups excluding carboxylic acids is 1. The van der Waals surface area contributed by atoms with Gasteiger partial charge in [-0.05, 0) is 31.6 Å². The molecule has 2 unspecified atom stereocenters. The molecule has 0 saturated heterocycles. The Morgan fingerprint density at radius 3 is 1.94 bits per heavy atom. The van der Waals surface area contributed by atoms with Gasteiger partial charge in [-0.2, -0.15) is 0 Å². The quantitative estimate of drug-likeness (QED) is 0.701. The van der Waals surface area contributed by atoms with Crippen molar-refractivity contribution in [3.8, 4) is 0 Å². The first-order chi connectivity index (χ1) is 7.36. The van der Waals surface area contributed by atoms with Gasteiger partial charge in [-0.1, -0.05) is 27.7 Å². The fourth-order valence-corrected chi connectivity index (χ4v) is 2.01. The molecule has 96 valence electrons. The zero-order valence-corrected chi connectivity index (χ0v) is 11.4. The molecule has 0 aliphatic heterocycles. The minimum atomic E-state index is -0.0328. The third kappa shape index (κ3) is 6.83. The number of nitrogens with two attached hydrogens (primary N) is 1. The van der Waals surface area contributed by atoms with Crippen LogP contribution >= 0.6 is 0 Å². The van der Waals surface area contributed by atoms with Gasteiger partial charge in [-0.3, -0.25) is 4.79 Å². The average Bonchev–Trinajstić information content (AvgIpc) is 2.11. The number of amides is 1. The monoisotopic (exact) mass is 228 g/mol. The van der Waals surface area contributed by atoms with Crippen LogP contribution in [0, 0.1) is 17.8 Å². The molecule has 0 aliphatic carbocycles. The molecule has 3 heteroatoms. The van der Waals surface area contributed by atoms with Gasteiger partial charge in [0.25, 0.3) is 0 Å². The topological polar surface area (TPSA) is 55.1 Å². The van der Waals surface area contributed by atoms with E-state index in [1.54, 1.807) is 0 Å². The smallest absolute Gasteiger partial charge is 0.224 e. The van der Waals surface area contributed by atoms with Crippen LogP contribution < -0.4 is 11.1 Å². The van der Waals surface area contributed by atoms with Gasteiger partial charge < -0.3 is 11.1 Å². The summed E-state index contributed by atoms with van der Waals surface area (Å²) >= 11 is 0. The van der Waals surface area contributed by atoms with E-state index in [2.05, 4.69) is 39.9 Å². The van der Waals surface area contributed by atoms with Crippen molar-refractivity contribution in [2.45, 2.75) is 53.5 Å². The lowest BCUT2D eigenvalue weighted by molar-refractivity contribution is -0.125. The first-order valence-electron chi connectivity index (χ1n) is 6.37. The number of carbonyl (C=O) groups is 1. The summed E-state index contributed by atoms with van der Waals surface area (Å²) < 4.78 is 0. The van der Waals surface area contributed by atoms with E-state index in [0.717, 1.165) is 12.8 Å². The van der Waals surface area contributed by atoms with Crippen LogP contribution in [0.15, 0.2) is 0 Å². The largest absolute Gasteiger partial charge is 0.353 e. The standard InChI is InChI=1S/C13H28N2O/c1-9(2)6-11(5)15-13(16)12(8-14)7-10(3)4/h9-12H,6-8,14H2,1-5H3,(H,15,16). The molecular weight excluding hydrogens is 200 g/mol. The predicted octanol–water partition coefficient (Wildman–Crippen LogP) is 2.16. The molecule has 16 heavy (non-hydrogen) atoms. The van der Waals surface area contributed by atoms with Crippen LogP contribution in [-0.2, 0) is 4.79 Å². The Morgan fingerprint density at radius 2 is 1.56 bits per heavy atom. The lowest BCUT2D eigenvalue weighted by Crippen LogP contribution is -2.41. The second-order valence-corrected chi connectivity index (χ2v) is 5.60. The Kier molecular flexibility index (Phi) is 7.39. The maximum absolute atomic E-state index is 11.9. The van der Waals surface area contributed by atoms with Crippen molar-refractivity contribution >= 4 is 5.91 Å². The first-order valence-corrected chi connectivity index (χ1v) is 6.37. The van der Waals surface area contributed by atoms with Gasteiger partial charge in [0, 0.05) is 12.6 Å². The number of nitrogens with one attached hydrogen (secondary N) is 1. The summed E-state index contributed by atoms with van der Waals surface area (Å²) in [6, 6.07) is 0.244. The molecule has 3 N–H and O–H groups in total. The summed E-state index contributed by atoms with van der Waals surface area (Å²) in [5.41, 5.74) is 5.64. The maximum atomic E-state index is 11.9. The number of hydrogen-bond acceptors (Lipinski definition) is 2. The van der Waals surface area contributed by atoms with Crippen LogP contribution in [0.25, 0.3) is 0 Å². The Bertz CT molecular complexity index is 202. The van der Waals surface area contributed by atoms with E-state index < -0.39 is 0 Å². The molecule has 2 atom stereocenters. The molecule has 0 fully saturated rings. The van der Waals surface area contributed by atoms with E-state index in [0.29, 0.717) is 18.4 Å². The molecular formula is C13H28N2O. The lowest BCUT2D eigenvalue weighted by atomic mass is 9.95. The van der Waals surface area contributed by atoms with Crippen molar-refractivity contribution in [1.82, 2.24) is 5.32 Å². The highest BCUT2D eigenvalue weighted by molar-refractivity contribution is 5.79. The average molecular weight is 228 g/mol. The van der Waals surface area contributed by atoms with E-state index >= 15 is 0 Å². The van der Waals surface area contributed by atoms with Crippen LogP contribution in [0.1, 0.15) is 47.5 Å². The van der Waals surface area contributed by atoms with Crippen molar-refractivity contribution in [2.24, 2.45) is 23.5 Å². The Balaban J connectivity index is 4.10. The minimum Gasteiger partial charge on any atom is -0.353 e. The summed E-state index contributed by atoms with van der Waals surface area (Å²) in [6.45, 7) is 11.1. The first kappa shape index (κ1) is 15.4. The van der Waals surface area contributed by atoms with E-state index in [9.17, 15) is 4.79 Å². The van der Waals surface area contributed by atoms with Crippen molar-refractivity contribution in [1.29, 1.82) is 0 Å². The van der Waals surface area contributed by atoms with Gasteiger partial charge in [0.05, 0.1) is 5.92 Å². The molecule has 0 aromatic rings. The van der Waals surface area contributed by atoms with Gasteiger partial charge >= 0.3 is 0 Å². The SMILES string of the molecule is CC(C)CC(C)NC(=O)C(CN)CC(C)C. The summed E-state index contributed by atoms with van der Waals surface area (Å²) in [6.07, 6.45) is 1.89. The molecule has 0 aromatic carbocycles. The molecule has 3 nitrogen and oxygen atoms in total. The van der Waals surface area contributed by atoms with E-state index in [1.807, 2.05) is 0 Å². The summed E-state index contributed by atoms with van der Waals surface area (Å²) in [7, 11) is 0. The zero-order chi connectivity index (χ0) is 12.7. The van der Waals surface area contributed by atoms with Gasteiger partial charge in [0.1, 0.15) is 0 Å². The molecule has 0 spiro atoms. The number of hydrogen-bond donors (Lipinski definition) is 2. The van der Waals surface area contributed by atoms with Crippen LogP contribution in [0.5, 0.6) is 0 Å². The van der Waals surface area contributed by atoms with E-state index in [4.69, 9.17) is 5.73 Å². The van der Waals surface area contributed by atoms with Gasteiger partial charge in [0.2, 0.25) is 5.91 Å². The highest BCUT2D eigenvalue weighted by Gasteiger charge is 2.19. The molecule has 0 aromatic heterocycles. The van der Waals surface area contributed by atoms with Crippen molar-refractivity contribution in [3.05, 3.63) is 0 Å². The van der Waals surface area contributed by atoms with Crippen molar-refractivity contribution in [2.75, 3.05) is 6.54 Å². The Morgan fingerprint density at radius 1 is 1.06 bits per heavy atom. The highest BCUT2D eigenvalue weighted by atomic mass is 16.1. The Labute approximate surface area is 100 Å². The summed E-state index contributed by atoms with van der Waals surface area (Å²) in [5.74, 6) is 1.20. The second-order valence-electron chi connectivity index (χ2n) is 5.60. The zero-order valence-electron chi connectivity index (χ0n) is 11.4. The Hall–Kier alpha value is -0.570. The fraction of sp³-hybridized carbons (Fsp3) is 0.923. The van der Waals surface area contributed by atoms with Crippen LogP contribution in [0.4, 0.5) is 0 Å². The molecule has 0 rings (SSSR count). The summed E-state index contributed by atoms with van der Waals surface area (Å²) in [4.78, 5) is 11.9. The second kappa shape index (κ2) is 7.66. The maximum Gasteiger partial charge on any atom is 0.224 e. The molecule has 0 saturated carbocycles. The van der Waals surface area contributed by atoms with E-state index in [1.165, 1.54) is 0 Å². The molecule has 0 heterocycles. The highest BCUT2D eigenvalue weighted by Crippen LogP contribution is 2.12. The third-order valence-electron chi connectivity index (χ3n) is 2.62. The number of rotatable bonds is 7. The molecule has 1 amide bonds. The van der Waals surface area contributed by atoms with Crippen LogP contribution in [-0.4, -0.2) is 18.5 Å². The molecule has 0 radical (unpaired) electrons. The predicted molar refractivity (Wildman–Crippen MR) is 69.1 cm³/mol. The molecule has 0 aliphatic rings. The van der Waals surface area contributed by atoms with E-state index in [-0.39, 0.29) is 17.9 Å². The van der Waals surface area contributed by atoms with Crippen LogP contribution in [0.2, 0.25) is 0 Å². The molecule has 0 bridgehead atoms. The lowest BCUT2D eigenvalue weighted by Gasteiger charge is -2.21. The van der Waals surface area contributed by atoms with Gasteiger partial charge in [-0.15, -0.1) is 0 Å². The third-order valence-corrected chi connectivity index (χ3v) is 2.62. The summed E-state index contributed by atoms with van der Waals surface area (Å²) in [5, 5.41) is 3.05. The van der Waals surface area contributed by atoms with Crippen LogP contribution in [0.3, 0.4) is 0 Å².